The molecule has 0 fully saturated rings. The van der Waals surface area contributed by atoms with Gasteiger partial charge in [-0.25, -0.2) is 0 Å². The van der Waals surface area contributed by atoms with Gasteiger partial charge in [0, 0.05) is 12.8 Å². The molecule has 0 radical (unpaired) electrons. The Morgan fingerprint density at radius 2 is 0.595 bits per heavy atom. The standard InChI is InChI=1S/C73H143NO5/c1-3-5-7-9-11-13-15-17-19-21-23-27-30-33-37-41-45-49-53-57-61-65-71(76)70(69-75)74-72(77)66-62-58-54-50-46-42-38-34-31-28-25-24-26-29-32-36-40-44-48-52-56-60-64-68-79-73(78)67-63-59-55-51-47-43-39-35-22-20-18-16-14-12-10-8-6-4-2/h20,22,70-71,75-76H,3-19,21,23-69H2,1-2H3,(H,74,77)/b22-20-. The number of aliphatic hydroxyl groups excluding tert-OH is 2. The highest BCUT2D eigenvalue weighted by Crippen LogP contribution is 2.19. The topological polar surface area (TPSA) is 95.9 Å². The molecule has 0 aliphatic heterocycles. The number of nitrogens with one attached hydrogen (secondary N) is 1. The predicted octanol–water partition coefficient (Wildman–Crippen LogP) is 23.5. The van der Waals surface area contributed by atoms with Crippen LogP contribution in [0.3, 0.4) is 0 Å². The third-order valence-corrected chi connectivity index (χ3v) is 17.3. The van der Waals surface area contributed by atoms with Gasteiger partial charge in [-0.3, -0.25) is 9.59 Å². The Bertz CT molecular complexity index is 1190. The highest BCUT2D eigenvalue weighted by Gasteiger charge is 2.20. The van der Waals surface area contributed by atoms with Gasteiger partial charge in [0.15, 0.2) is 0 Å². The Balaban J connectivity index is 3.36. The van der Waals surface area contributed by atoms with Gasteiger partial charge in [-0.05, 0) is 51.4 Å². The van der Waals surface area contributed by atoms with Gasteiger partial charge < -0.3 is 20.3 Å². The van der Waals surface area contributed by atoms with E-state index in [1.54, 1.807) is 0 Å². The van der Waals surface area contributed by atoms with Crippen molar-refractivity contribution in [2.24, 2.45) is 0 Å². The fraction of sp³-hybridized carbons (Fsp3) is 0.945. The number of amides is 1. The molecule has 2 atom stereocenters. The molecule has 0 aromatic rings. The third-order valence-electron chi connectivity index (χ3n) is 17.3. The number of carbonyl (C=O) groups excluding carboxylic acids is 2. The van der Waals surface area contributed by atoms with Gasteiger partial charge in [0.25, 0.3) is 0 Å². The molecule has 470 valence electrons. The lowest BCUT2D eigenvalue weighted by Gasteiger charge is -2.22. The number of esters is 1. The largest absolute Gasteiger partial charge is 0.466 e. The molecule has 0 aliphatic carbocycles. The van der Waals surface area contributed by atoms with Crippen LogP contribution in [0, 0.1) is 0 Å². The SMILES string of the molecule is CCCCCCCCC/C=C\CCCCCCCCCC(=O)OCCCCCCCCCCCCCCCCCCCCCCCCCC(=O)NC(CO)C(O)CCCCCCCCCCCCCCCCCCCCCCC. The molecule has 1 amide bonds. The molecule has 0 aliphatic rings. The van der Waals surface area contributed by atoms with Crippen molar-refractivity contribution in [3.63, 3.8) is 0 Å². The van der Waals surface area contributed by atoms with E-state index in [0.717, 1.165) is 44.9 Å². The van der Waals surface area contributed by atoms with Crippen molar-refractivity contribution in [3.05, 3.63) is 12.2 Å². The predicted molar refractivity (Wildman–Crippen MR) is 347 cm³/mol. The van der Waals surface area contributed by atoms with Crippen molar-refractivity contribution in [2.75, 3.05) is 13.2 Å². The first-order chi connectivity index (χ1) is 39.0. The van der Waals surface area contributed by atoms with Crippen molar-refractivity contribution in [1.82, 2.24) is 5.32 Å². The van der Waals surface area contributed by atoms with Crippen molar-refractivity contribution >= 4 is 11.9 Å². The molecule has 0 aromatic carbocycles. The first-order valence-electron chi connectivity index (χ1n) is 36.4. The van der Waals surface area contributed by atoms with Crippen LogP contribution in [-0.2, 0) is 14.3 Å². The Hall–Kier alpha value is -1.40. The zero-order chi connectivity index (χ0) is 57.1. The number of hydrogen-bond acceptors (Lipinski definition) is 5. The average molecular weight is 1110 g/mol. The van der Waals surface area contributed by atoms with Crippen molar-refractivity contribution < 1.29 is 24.5 Å². The van der Waals surface area contributed by atoms with E-state index in [1.807, 2.05) is 0 Å². The number of rotatable bonds is 69. The van der Waals surface area contributed by atoms with Crippen LogP contribution in [0.2, 0.25) is 0 Å². The van der Waals surface area contributed by atoms with Crippen LogP contribution in [0.5, 0.6) is 0 Å². The molecule has 3 N–H and O–H groups in total. The van der Waals surface area contributed by atoms with Crippen LogP contribution in [0.1, 0.15) is 418 Å². The number of carbonyl (C=O) groups is 2. The second-order valence-electron chi connectivity index (χ2n) is 25.3. The summed E-state index contributed by atoms with van der Waals surface area (Å²) in [5, 5.41) is 23.4. The van der Waals surface area contributed by atoms with Gasteiger partial charge in [-0.15, -0.1) is 0 Å². The highest BCUT2D eigenvalue weighted by atomic mass is 16.5. The van der Waals surface area contributed by atoms with Crippen LogP contribution in [0.25, 0.3) is 0 Å². The summed E-state index contributed by atoms with van der Waals surface area (Å²) in [5.41, 5.74) is 0. The summed E-state index contributed by atoms with van der Waals surface area (Å²) < 4.78 is 5.51. The first kappa shape index (κ1) is 77.6. The quantitative estimate of drug-likeness (QED) is 0.0320. The van der Waals surface area contributed by atoms with Gasteiger partial charge >= 0.3 is 5.97 Å². The lowest BCUT2D eigenvalue weighted by atomic mass is 10.0. The molecule has 6 nitrogen and oxygen atoms in total. The Kier molecular flexibility index (Phi) is 67.9. The molecule has 6 heteroatoms. The molecular formula is C73H143NO5. The van der Waals surface area contributed by atoms with Crippen molar-refractivity contribution in [2.45, 2.75) is 431 Å². The molecule has 0 bridgehead atoms. The minimum Gasteiger partial charge on any atom is -0.466 e. The van der Waals surface area contributed by atoms with Gasteiger partial charge in [0.1, 0.15) is 0 Å². The number of unbranched alkanes of at least 4 members (excludes halogenated alkanes) is 56. The molecule has 0 heterocycles. The fourth-order valence-corrected chi connectivity index (χ4v) is 11.8. The monoisotopic (exact) mass is 1110 g/mol. The van der Waals surface area contributed by atoms with Crippen LogP contribution in [0.4, 0.5) is 0 Å². The maximum atomic E-state index is 12.6. The molecule has 79 heavy (non-hydrogen) atoms. The van der Waals surface area contributed by atoms with E-state index in [-0.39, 0.29) is 18.5 Å². The number of allylic oxidation sites excluding steroid dienone is 2. The Morgan fingerprint density at radius 3 is 0.899 bits per heavy atom. The van der Waals surface area contributed by atoms with Crippen LogP contribution in [0.15, 0.2) is 12.2 Å². The van der Waals surface area contributed by atoms with Crippen LogP contribution < -0.4 is 5.32 Å². The molecule has 0 spiro atoms. The second kappa shape index (κ2) is 69.1. The van der Waals surface area contributed by atoms with Gasteiger partial charge in [0.2, 0.25) is 5.91 Å². The van der Waals surface area contributed by atoms with E-state index >= 15 is 0 Å². The van der Waals surface area contributed by atoms with Crippen molar-refractivity contribution in [1.29, 1.82) is 0 Å². The molecule has 0 saturated heterocycles. The van der Waals surface area contributed by atoms with Gasteiger partial charge in [-0.2, -0.15) is 0 Å². The molecule has 0 saturated carbocycles. The number of hydrogen-bond donors (Lipinski definition) is 3. The minimum atomic E-state index is -0.665. The zero-order valence-electron chi connectivity index (χ0n) is 53.9. The normalized spacial score (nSPS) is 12.5. The van der Waals surface area contributed by atoms with Gasteiger partial charge in [0.05, 0.1) is 25.4 Å². The molecular weight excluding hydrogens is 971 g/mol. The summed E-state index contributed by atoms with van der Waals surface area (Å²) in [6.45, 7) is 5.00. The van der Waals surface area contributed by atoms with Gasteiger partial charge in [-0.1, -0.05) is 366 Å². The van der Waals surface area contributed by atoms with Crippen LogP contribution >= 0.6 is 0 Å². The van der Waals surface area contributed by atoms with E-state index in [4.69, 9.17) is 4.74 Å². The maximum Gasteiger partial charge on any atom is 0.305 e. The lowest BCUT2D eigenvalue weighted by molar-refractivity contribution is -0.143. The van der Waals surface area contributed by atoms with E-state index in [2.05, 4.69) is 31.3 Å². The first-order valence-corrected chi connectivity index (χ1v) is 36.4. The van der Waals surface area contributed by atoms with E-state index in [0.29, 0.717) is 25.9 Å². The van der Waals surface area contributed by atoms with Crippen LogP contribution in [-0.4, -0.2) is 47.4 Å². The maximum absolute atomic E-state index is 12.6. The molecule has 2 unspecified atom stereocenters. The Morgan fingerprint density at radius 1 is 0.342 bits per heavy atom. The summed E-state index contributed by atoms with van der Waals surface area (Å²) in [4.78, 5) is 24.7. The summed E-state index contributed by atoms with van der Waals surface area (Å²) in [6, 6.07) is -0.542. The smallest absolute Gasteiger partial charge is 0.305 e. The summed E-state index contributed by atoms with van der Waals surface area (Å²) in [7, 11) is 0. The average Bonchev–Trinajstić information content (AvgIpc) is 3.45. The number of aliphatic hydroxyl groups is 2. The number of ether oxygens (including phenoxy) is 1. The van der Waals surface area contributed by atoms with E-state index < -0.39 is 12.1 Å². The van der Waals surface area contributed by atoms with E-state index in [9.17, 15) is 19.8 Å². The van der Waals surface area contributed by atoms with Crippen molar-refractivity contribution in [3.8, 4) is 0 Å². The fourth-order valence-electron chi connectivity index (χ4n) is 11.8. The minimum absolute atomic E-state index is 0.0129. The summed E-state index contributed by atoms with van der Waals surface area (Å²) in [5.74, 6) is -0.0165. The molecule has 0 rings (SSSR count). The lowest BCUT2D eigenvalue weighted by Crippen LogP contribution is -2.45. The highest BCUT2D eigenvalue weighted by molar-refractivity contribution is 5.76. The summed E-state index contributed by atoms with van der Waals surface area (Å²) in [6.07, 6.45) is 85.5. The summed E-state index contributed by atoms with van der Waals surface area (Å²) >= 11 is 0. The third kappa shape index (κ3) is 65.6. The Labute approximate surface area is 495 Å². The zero-order valence-corrected chi connectivity index (χ0v) is 53.9. The molecule has 0 aromatic heterocycles. The van der Waals surface area contributed by atoms with E-state index in [1.165, 1.54) is 340 Å². The second-order valence-corrected chi connectivity index (χ2v) is 25.3.